The Bertz CT molecular complexity index is 385. The van der Waals surface area contributed by atoms with E-state index in [1.165, 1.54) is 32.1 Å². The molecule has 1 rings (SSSR count). The zero-order chi connectivity index (χ0) is 13.4. The van der Waals surface area contributed by atoms with Crippen molar-refractivity contribution >= 4 is 21.7 Å². The SMILES string of the molecule is CCCCCCCCC(=O)c1ccc(Br)c(C)c1. The first kappa shape index (κ1) is 15.4. The molecule has 0 unspecified atom stereocenters. The number of unbranched alkanes of at least 4 members (excludes halogenated alkanes) is 5. The van der Waals surface area contributed by atoms with Gasteiger partial charge in [0.2, 0.25) is 0 Å². The fraction of sp³-hybridized carbons (Fsp3) is 0.562. The number of aryl methyl sites for hydroxylation is 1. The molecule has 0 saturated heterocycles. The molecular weight excluding hydrogens is 288 g/mol. The van der Waals surface area contributed by atoms with Crippen molar-refractivity contribution in [2.75, 3.05) is 0 Å². The van der Waals surface area contributed by atoms with E-state index in [-0.39, 0.29) is 5.78 Å². The molecule has 100 valence electrons. The summed E-state index contributed by atoms with van der Waals surface area (Å²) in [4.78, 5) is 12.0. The Balaban J connectivity index is 2.30. The highest BCUT2D eigenvalue weighted by molar-refractivity contribution is 9.10. The number of carbonyl (C=O) groups is 1. The van der Waals surface area contributed by atoms with Gasteiger partial charge in [-0.2, -0.15) is 0 Å². The second-order valence-corrected chi connectivity index (χ2v) is 5.76. The Hall–Kier alpha value is -0.630. The van der Waals surface area contributed by atoms with E-state index in [2.05, 4.69) is 22.9 Å². The highest BCUT2D eigenvalue weighted by atomic mass is 79.9. The summed E-state index contributed by atoms with van der Waals surface area (Å²) >= 11 is 3.46. The van der Waals surface area contributed by atoms with Crippen molar-refractivity contribution in [2.24, 2.45) is 0 Å². The van der Waals surface area contributed by atoms with Crippen LogP contribution in [-0.2, 0) is 0 Å². The Labute approximate surface area is 119 Å². The molecule has 0 aromatic heterocycles. The maximum Gasteiger partial charge on any atom is 0.162 e. The summed E-state index contributed by atoms with van der Waals surface area (Å²) in [6.07, 6.45) is 8.06. The van der Waals surface area contributed by atoms with Crippen LogP contribution in [0.1, 0.15) is 67.8 Å². The topological polar surface area (TPSA) is 17.1 Å². The number of hydrogen-bond acceptors (Lipinski definition) is 1. The molecule has 0 bridgehead atoms. The summed E-state index contributed by atoms with van der Waals surface area (Å²) < 4.78 is 1.07. The van der Waals surface area contributed by atoms with Crippen LogP contribution in [0.5, 0.6) is 0 Å². The van der Waals surface area contributed by atoms with Crippen molar-refractivity contribution in [1.82, 2.24) is 0 Å². The monoisotopic (exact) mass is 310 g/mol. The number of hydrogen-bond donors (Lipinski definition) is 0. The predicted octanol–water partition coefficient (Wildman–Crippen LogP) is 5.69. The van der Waals surface area contributed by atoms with Crippen molar-refractivity contribution in [1.29, 1.82) is 0 Å². The third-order valence-electron chi connectivity index (χ3n) is 3.24. The summed E-state index contributed by atoms with van der Waals surface area (Å²) in [6, 6.07) is 5.85. The molecule has 0 spiro atoms. The Morgan fingerprint density at radius 2 is 1.78 bits per heavy atom. The van der Waals surface area contributed by atoms with E-state index >= 15 is 0 Å². The number of Topliss-reactive ketones (excluding diaryl/α,β-unsaturated/α-hetero) is 1. The van der Waals surface area contributed by atoms with Gasteiger partial charge in [-0.1, -0.05) is 61.0 Å². The van der Waals surface area contributed by atoms with E-state index < -0.39 is 0 Å². The van der Waals surface area contributed by atoms with Crippen LogP contribution in [0.4, 0.5) is 0 Å². The number of halogens is 1. The van der Waals surface area contributed by atoms with Gasteiger partial charge in [0.05, 0.1) is 0 Å². The maximum atomic E-state index is 12.0. The largest absolute Gasteiger partial charge is 0.294 e. The highest BCUT2D eigenvalue weighted by Gasteiger charge is 2.06. The summed E-state index contributed by atoms with van der Waals surface area (Å²) in [5.74, 6) is 0.279. The number of benzene rings is 1. The molecule has 1 aromatic rings. The Morgan fingerprint density at radius 3 is 2.44 bits per heavy atom. The van der Waals surface area contributed by atoms with Crippen LogP contribution in [0, 0.1) is 6.92 Å². The van der Waals surface area contributed by atoms with Crippen LogP contribution in [0.15, 0.2) is 22.7 Å². The molecule has 0 saturated carbocycles. The fourth-order valence-corrected chi connectivity index (χ4v) is 2.27. The molecule has 0 aliphatic heterocycles. The van der Waals surface area contributed by atoms with Gasteiger partial charge in [0.25, 0.3) is 0 Å². The highest BCUT2D eigenvalue weighted by Crippen LogP contribution is 2.18. The first-order valence-electron chi connectivity index (χ1n) is 6.94. The molecule has 0 N–H and O–H groups in total. The minimum Gasteiger partial charge on any atom is -0.294 e. The molecule has 2 heteroatoms. The Morgan fingerprint density at radius 1 is 1.11 bits per heavy atom. The molecule has 1 nitrogen and oxygen atoms in total. The molecule has 0 radical (unpaired) electrons. The van der Waals surface area contributed by atoms with E-state index in [1.54, 1.807) is 0 Å². The van der Waals surface area contributed by atoms with Gasteiger partial charge in [-0.05, 0) is 31.0 Å². The molecule has 0 atom stereocenters. The quantitative estimate of drug-likeness (QED) is 0.445. The third kappa shape index (κ3) is 5.34. The molecule has 18 heavy (non-hydrogen) atoms. The van der Waals surface area contributed by atoms with Crippen molar-refractivity contribution < 1.29 is 4.79 Å². The van der Waals surface area contributed by atoms with Crippen LogP contribution in [-0.4, -0.2) is 5.78 Å². The molecule has 1 aromatic carbocycles. The lowest BCUT2D eigenvalue weighted by atomic mass is 10.0. The Kier molecular flexibility index (Phi) is 7.26. The van der Waals surface area contributed by atoms with Gasteiger partial charge >= 0.3 is 0 Å². The molecular formula is C16H23BrO. The van der Waals surface area contributed by atoms with Gasteiger partial charge in [0, 0.05) is 16.5 Å². The van der Waals surface area contributed by atoms with Crippen LogP contribution in [0.2, 0.25) is 0 Å². The molecule has 0 fully saturated rings. The second kappa shape index (κ2) is 8.47. The number of ketones is 1. The lowest BCUT2D eigenvalue weighted by Crippen LogP contribution is -1.99. The minimum absolute atomic E-state index is 0.279. The zero-order valence-electron chi connectivity index (χ0n) is 11.5. The van der Waals surface area contributed by atoms with Gasteiger partial charge in [-0.15, -0.1) is 0 Å². The number of rotatable bonds is 8. The van der Waals surface area contributed by atoms with Crippen LogP contribution < -0.4 is 0 Å². The summed E-state index contributed by atoms with van der Waals surface area (Å²) in [7, 11) is 0. The van der Waals surface area contributed by atoms with E-state index in [1.807, 2.05) is 25.1 Å². The average molecular weight is 311 g/mol. The third-order valence-corrected chi connectivity index (χ3v) is 4.13. The van der Waals surface area contributed by atoms with Crippen LogP contribution >= 0.6 is 15.9 Å². The first-order chi connectivity index (χ1) is 8.65. The van der Waals surface area contributed by atoms with E-state index in [0.717, 1.165) is 22.0 Å². The first-order valence-corrected chi connectivity index (χ1v) is 7.73. The maximum absolute atomic E-state index is 12.0. The summed E-state index contributed by atoms with van der Waals surface area (Å²) in [5, 5.41) is 0. The number of carbonyl (C=O) groups excluding carboxylic acids is 1. The van der Waals surface area contributed by atoms with E-state index in [4.69, 9.17) is 0 Å². The van der Waals surface area contributed by atoms with Gasteiger partial charge in [0.1, 0.15) is 0 Å². The normalized spacial score (nSPS) is 10.6. The second-order valence-electron chi connectivity index (χ2n) is 4.90. The molecule has 0 aliphatic rings. The van der Waals surface area contributed by atoms with Gasteiger partial charge in [-0.3, -0.25) is 4.79 Å². The van der Waals surface area contributed by atoms with Crippen LogP contribution in [0.25, 0.3) is 0 Å². The van der Waals surface area contributed by atoms with Crippen LogP contribution in [0.3, 0.4) is 0 Å². The fourth-order valence-electron chi connectivity index (χ4n) is 2.03. The molecule has 0 amide bonds. The van der Waals surface area contributed by atoms with E-state index in [0.29, 0.717) is 6.42 Å². The molecule has 0 aliphatic carbocycles. The van der Waals surface area contributed by atoms with Gasteiger partial charge < -0.3 is 0 Å². The zero-order valence-corrected chi connectivity index (χ0v) is 13.1. The smallest absolute Gasteiger partial charge is 0.162 e. The van der Waals surface area contributed by atoms with Crippen molar-refractivity contribution in [3.63, 3.8) is 0 Å². The van der Waals surface area contributed by atoms with Gasteiger partial charge in [0.15, 0.2) is 5.78 Å². The molecule has 0 heterocycles. The van der Waals surface area contributed by atoms with Crippen molar-refractivity contribution in [3.8, 4) is 0 Å². The summed E-state index contributed by atoms with van der Waals surface area (Å²) in [5.41, 5.74) is 1.98. The predicted molar refractivity (Wildman–Crippen MR) is 81.2 cm³/mol. The van der Waals surface area contributed by atoms with Crippen molar-refractivity contribution in [2.45, 2.75) is 58.8 Å². The van der Waals surface area contributed by atoms with Gasteiger partial charge in [-0.25, -0.2) is 0 Å². The lowest BCUT2D eigenvalue weighted by molar-refractivity contribution is 0.0979. The summed E-state index contributed by atoms with van der Waals surface area (Å²) in [6.45, 7) is 4.24. The van der Waals surface area contributed by atoms with Crippen molar-refractivity contribution in [3.05, 3.63) is 33.8 Å². The standard InChI is InChI=1S/C16H23BrO/c1-3-4-5-6-7-8-9-16(18)14-10-11-15(17)13(2)12-14/h10-12H,3-9H2,1-2H3. The minimum atomic E-state index is 0.279. The lowest BCUT2D eigenvalue weighted by Gasteiger charge is -2.04. The average Bonchev–Trinajstić information content (AvgIpc) is 2.36. The van der Waals surface area contributed by atoms with E-state index in [9.17, 15) is 4.79 Å².